The molecule has 0 amide bonds. The topological polar surface area (TPSA) is 18.5 Å². The Hall–Kier alpha value is -1.03. The Labute approximate surface area is 132 Å². The third-order valence-electron chi connectivity index (χ3n) is 2.82. The molecule has 116 valence electrons. The average Bonchev–Trinajstić information content (AvgIpc) is 2.33. The Balaban J connectivity index is 2.78. The quantitative estimate of drug-likeness (QED) is 0.465. The van der Waals surface area contributed by atoms with Crippen molar-refractivity contribution in [2.24, 2.45) is 0 Å². The molecule has 0 bridgehead atoms. The molecule has 1 rings (SSSR count). The third-order valence-corrected chi connectivity index (χ3v) is 4.60. The molecule has 1 aromatic carbocycles. The van der Waals surface area contributed by atoms with Gasteiger partial charge in [-0.3, -0.25) is 0 Å². The number of aryl methyl sites for hydroxylation is 2. The van der Waals surface area contributed by atoms with E-state index in [1.807, 2.05) is 0 Å². The number of hydrogen-bond donors (Lipinski definition) is 0. The van der Waals surface area contributed by atoms with Crippen LogP contribution in [0.3, 0.4) is 0 Å². The first kappa shape index (κ1) is 18.0. The predicted octanol–water partition coefficient (Wildman–Crippen LogP) is 3.91. The fraction of sp³-hybridized carbons (Fsp3) is 0.529. The van der Waals surface area contributed by atoms with Crippen LogP contribution in [0.5, 0.6) is 5.75 Å². The van der Waals surface area contributed by atoms with E-state index in [-0.39, 0.29) is 0 Å². The highest BCUT2D eigenvalue weighted by atomic mass is 28.3. The Morgan fingerprint density at radius 3 is 2.10 bits per heavy atom. The molecule has 1 aromatic rings. The van der Waals surface area contributed by atoms with E-state index < -0.39 is 17.1 Å². The smallest absolute Gasteiger partial charge is 0.171 e. The molecule has 0 spiro atoms. The Kier molecular flexibility index (Phi) is 6.72. The molecular formula is C17H28O2Si2. The summed E-state index contributed by atoms with van der Waals surface area (Å²) in [6.45, 7) is 16.6. The van der Waals surface area contributed by atoms with Crippen molar-refractivity contribution >= 4 is 17.1 Å². The van der Waals surface area contributed by atoms with E-state index in [1.165, 1.54) is 0 Å². The molecule has 0 atom stereocenters. The van der Waals surface area contributed by atoms with Gasteiger partial charge in [0.25, 0.3) is 0 Å². The lowest BCUT2D eigenvalue weighted by Gasteiger charge is -2.14. The summed E-state index contributed by atoms with van der Waals surface area (Å²) in [6.07, 6.45) is 0. The summed E-state index contributed by atoms with van der Waals surface area (Å²) < 4.78 is 11.5. The maximum absolute atomic E-state index is 5.88. The molecule has 0 saturated carbocycles. The van der Waals surface area contributed by atoms with Crippen LogP contribution in [0.15, 0.2) is 12.1 Å². The van der Waals surface area contributed by atoms with Crippen LogP contribution in [-0.4, -0.2) is 30.3 Å². The second-order valence-corrected chi connectivity index (χ2v) is 13.9. The lowest BCUT2D eigenvalue weighted by molar-refractivity contribution is 0.217. The van der Waals surface area contributed by atoms with Crippen LogP contribution in [0, 0.1) is 25.3 Å². The predicted molar refractivity (Wildman–Crippen MR) is 96.5 cm³/mol. The van der Waals surface area contributed by atoms with Gasteiger partial charge in [0.2, 0.25) is 0 Å². The molecule has 0 heterocycles. The van der Waals surface area contributed by atoms with Gasteiger partial charge in [0.1, 0.15) is 20.4 Å². The second-order valence-electron chi connectivity index (χ2n) is 6.71. The zero-order valence-electron chi connectivity index (χ0n) is 14.5. The highest BCUT2D eigenvalue weighted by molar-refractivity contribution is 6.83. The van der Waals surface area contributed by atoms with E-state index in [0.717, 1.165) is 22.4 Å². The van der Waals surface area contributed by atoms with Crippen molar-refractivity contribution in [1.29, 1.82) is 0 Å². The minimum atomic E-state index is -1.33. The highest BCUT2D eigenvalue weighted by Gasteiger charge is 2.09. The molecule has 0 aliphatic rings. The second kappa shape index (κ2) is 7.83. The zero-order valence-corrected chi connectivity index (χ0v) is 16.6. The van der Waals surface area contributed by atoms with Gasteiger partial charge < -0.3 is 9.16 Å². The molecule has 0 unspecified atom stereocenters. The van der Waals surface area contributed by atoms with Gasteiger partial charge in [-0.1, -0.05) is 25.6 Å². The van der Waals surface area contributed by atoms with Gasteiger partial charge in [0, 0.05) is 5.56 Å². The summed E-state index contributed by atoms with van der Waals surface area (Å²) in [5.74, 6) is 4.29. The van der Waals surface area contributed by atoms with Crippen molar-refractivity contribution in [3.63, 3.8) is 0 Å². The van der Waals surface area contributed by atoms with E-state index in [4.69, 9.17) is 9.16 Å². The molecule has 0 saturated heterocycles. The molecule has 0 aliphatic carbocycles. The normalized spacial score (nSPS) is 11.2. The monoisotopic (exact) mass is 320 g/mol. The number of rotatable bonds is 5. The molecule has 0 radical (unpaired) electrons. The van der Waals surface area contributed by atoms with E-state index >= 15 is 0 Å². The van der Waals surface area contributed by atoms with E-state index in [1.54, 1.807) is 0 Å². The fourth-order valence-corrected chi connectivity index (χ4v) is 3.02. The van der Waals surface area contributed by atoms with Gasteiger partial charge in [-0.05, 0) is 50.2 Å². The molecular weight excluding hydrogens is 292 g/mol. The molecule has 2 nitrogen and oxygen atoms in total. The van der Waals surface area contributed by atoms with E-state index in [0.29, 0.717) is 13.2 Å². The van der Waals surface area contributed by atoms with Gasteiger partial charge >= 0.3 is 0 Å². The van der Waals surface area contributed by atoms with Crippen LogP contribution in [0.25, 0.3) is 0 Å². The molecule has 4 heteroatoms. The van der Waals surface area contributed by atoms with Crippen molar-refractivity contribution in [3.8, 4) is 17.2 Å². The summed E-state index contributed by atoms with van der Waals surface area (Å²) in [5, 5.41) is 0. The number of hydrogen-bond acceptors (Lipinski definition) is 2. The number of benzene rings is 1. The Morgan fingerprint density at radius 2 is 1.62 bits per heavy atom. The lowest BCUT2D eigenvalue weighted by Crippen LogP contribution is -2.16. The fourth-order valence-electron chi connectivity index (χ4n) is 1.94. The Morgan fingerprint density at radius 1 is 1.05 bits per heavy atom. The van der Waals surface area contributed by atoms with Crippen LogP contribution in [0.1, 0.15) is 16.7 Å². The van der Waals surface area contributed by atoms with Crippen molar-refractivity contribution in [3.05, 3.63) is 28.8 Å². The highest BCUT2D eigenvalue weighted by Crippen LogP contribution is 2.24. The van der Waals surface area contributed by atoms with Crippen molar-refractivity contribution in [2.75, 3.05) is 13.2 Å². The van der Waals surface area contributed by atoms with Crippen LogP contribution >= 0.6 is 0 Å². The van der Waals surface area contributed by atoms with Crippen LogP contribution in [0.2, 0.25) is 32.7 Å². The first-order valence-corrected chi connectivity index (χ1v) is 13.9. The molecule has 0 fully saturated rings. The summed E-state index contributed by atoms with van der Waals surface area (Å²) >= 11 is 0. The maximum Gasteiger partial charge on any atom is 0.171 e. The van der Waals surface area contributed by atoms with Crippen LogP contribution in [-0.2, 0) is 4.43 Å². The maximum atomic E-state index is 5.88. The summed E-state index contributed by atoms with van der Waals surface area (Å²) in [7, 11) is -2.28. The van der Waals surface area contributed by atoms with E-state index in [2.05, 4.69) is 70.2 Å². The van der Waals surface area contributed by atoms with Gasteiger partial charge in [-0.2, -0.15) is 0 Å². The minimum absolute atomic E-state index is 0.618. The standard InChI is InChI=1S/C17H28O2Si2/c1-14-12-16(8-11-21(5,6)7)13-15(2)17(14)18-9-10-19-20(3)4/h12-13,20H,9-10H2,1-7H3. The Bertz CT molecular complexity index is 511. The average molecular weight is 321 g/mol. The van der Waals surface area contributed by atoms with Crippen LogP contribution < -0.4 is 4.74 Å². The van der Waals surface area contributed by atoms with Gasteiger partial charge in [-0.15, -0.1) is 5.54 Å². The van der Waals surface area contributed by atoms with Crippen molar-refractivity contribution in [2.45, 2.75) is 46.6 Å². The first-order valence-electron chi connectivity index (χ1n) is 7.58. The van der Waals surface area contributed by atoms with Gasteiger partial charge in [-0.25, -0.2) is 0 Å². The minimum Gasteiger partial charge on any atom is -0.491 e. The SMILES string of the molecule is Cc1cc(C#C[Si](C)(C)C)cc(C)c1OCCO[SiH](C)C. The molecule has 21 heavy (non-hydrogen) atoms. The van der Waals surface area contributed by atoms with Gasteiger partial charge in [0.15, 0.2) is 9.04 Å². The largest absolute Gasteiger partial charge is 0.491 e. The molecule has 0 aliphatic heterocycles. The van der Waals surface area contributed by atoms with Crippen LogP contribution in [0.4, 0.5) is 0 Å². The van der Waals surface area contributed by atoms with E-state index in [9.17, 15) is 0 Å². The van der Waals surface area contributed by atoms with Gasteiger partial charge in [0.05, 0.1) is 6.61 Å². The lowest BCUT2D eigenvalue weighted by atomic mass is 10.1. The van der Waals surface area contributed by atoms with Crippen molar-refractivity contribution in [1.82, 2.24) is 0 Å². The molecule has 0 N–H and O–H groups in total. The first-order chi connectivity index (χ1) is 9.69. The zero-order chi connectivity index (χ0) is 16.0. The number of ether oxygens (including phenoxy) is 1. The summed E-state index contributed by atoms with van der Waals surface area (Å²) in [6, 6.07) is 4.24. The summed E-state index contributed by atoms with van der Waals surface area (Å²) in [4.78, 5) is 0. The summed E-state index contributed by atoms with van der Waals surface area (Å²) in [5.41, 5.74) is 6.80. The molecule has 0 aromatic heterocycles. The third kappa shape index (κ3) is 6.99. The van der Waals surface area contributed by atoms with Crippen molar-refractivity contribution < 1.29 is 9.16 Å².